The molecule has 2 saturated heterocycles. The molecule has 2 aliphatic rings. The average Bonchev–Trinajstić information content (AvgIpc) is 3.45. The SMILES string of the molecule is C[C@H]1CN(c2ncnc3c2c(N2CCCC2)cn3-c2cc(F)cc(F)c2)CCN1C(=O)OC(C)(C)C. The highest BCUT2D eigenvalue weighted by Crippen LogP contribution is 2.38. The molecule has 1 aromatic carbocycles. The van der Waals surface area contributed by atoms with Crippen molar-refractivity contribution in [1.82, 2.24) is 19.4 Å². The van der Waals surface area contributed by atoms with E-state index in [9.17, 15) is 13.6 Å². The van der Waals surface area contributed by atoms with Gasteiger partial charge in [-0.25, -0.2) is 23.5 Å². The Morgan fingerprint density at radius 1 is 1.00 bits per heavy atom. The van der Waals surface area contributed by atoms with Crippen molar-refractivity contribution in [3.63, 3.8) is 0 Å². The van der Waals surface area contributed by atoms with Crippen molar-refractivity contribution >= 4 is 28.6 Å². The summed E-state index contributed by atoms with van der Waals surface area (Å²) in [4.78, 5) is 28.1. The Morgan fingerprint density at radius 3 is 2.33 bits per heavy atom. The van der Waals surface area contributed by atoms with Gasteiger partial charge < -0.3 is 19.4 Å². The van der Waals surface area contributed by atoms with E-state index in [0.29, 0.717) is 31.0 Å². The molecule has 0 aliphatic carbocycles. The molecule has 10 heteroatoms. The van der Waals surface area contributed by atoms with Gasteiger partial charge in [0, 0.05) is 51.0 Å². The number of halogens is 2. The van der Waals surface area contributed by atoms with Crippen LogP contribution >= 0.6 is 0 Å². The van der Waals surface area contributed by atoms with E-state index in [4.69, 9.17) is 4.74 Å². The molecule has 3 aromatic rings. The number of hydrogen-bond donors (Lipinski definition) is 0. The van der Waals surface area contributed by atoms with Gasteiger partial charge in [-0.15, -0.1) is 0 Å². The molecule has 5 rings (SSSR count). The summed E-state index contributed by atoms with van der Waals surface area (Å²) < 4.78 is 35.5. The number of nitrogens with zero attached hydrogens (tertiary/aromatic N) is 6. The van der Waals surface area contributed by atoms with E-state index in [2.05, 4.69) is 19.8 Å². The normalized spacial score (nSPS) is 18.8. The second kappa shape index (κ2) is 9.22. The highest BCUT2D eigenvalue weighted by Gasteiger charge is 2.33. The Kier molecular flexibility index (Phi) is 6.22. The summed E-state index contributed by atoms with van der Waals surface area (Å²) in [6, 6.07) is 3.38. The summed E-state index contributed by atoms with van der Waals surface area (Å²) in [5, 5.41) is 0.849. The lowest BCUT2D eigenvalue weighted by Gasteiger charge is -2.41. The number of piperazine rings is 1. The van der Waals surface area contributed by atoms with Crippen LogP contribution in [0.4, 0.5) is 25.1 Å². The predicted molar refractivity (Wildman–Crippen MR) is 135 cm³/mol. The highest BCUT2D eigenvalue weighted by atomic mass is 19.1. The van der Waals surface area contributed by atoms with E-state index in [0.717, 1.165) is 48.9 Å². The lowest BCUT2D eigenvalue weighted by molar-refractivity contribution is 0.0159. The molecular weight excluding hydrogens is 466 g/mol. The largest absolute Gasteiger partial charge is 0.444 e. The Labute approximate surface area is 209 Å². The zero-order valence-corrected chi connectivity index (χ0v) is 21.2. The van der Waals surface area contributed by atoms with E-state index < -0.39 is 17.2 Å². The van der Waals surface area contributed by atoms with Crippen LogP contribution in [0.25, 0.3) is 16.7 Å². The number of carbonyl (C=O) groups excluding carboxylic acids is 1. The van der Waals surface area contributed by atoms with Crippen LogP contribution in [0.2, 0.25) is 0 Å². The molecule has 2 aromatic heterocycles. The van der Waals surface area contributed by atoms with E-state index in [1.807, 2.05) is 33.9 Å². The summed E-state index contributed by atoms with van der Waals surface area (Å²) >= 11 is 0. The maximum absolute atomic E-state index is 14.1. The number of amides is 1. The van der Waals surface area contributed by atoms with Crippen LogP contribution in [0.5, 0.6) is 0 Å². The van der Waals surface area contributed by atoms with E-state index in [1.54, 1.807) is 9.47 Å². The summed E-state index contributed by atoms with van der Waals surface area (Å²) in [6.07, 6.45) is 5.23. The molecule has 0 bridgehead atoms. The zero-order chi connectivity index (χ0) is 25.6. The average molecular weight is 499 g/mol. The number of benzene rings is 1. The molecule has 0 N–H and O–H groups in total. The number of carbonyl (C=O) groups is 1. The van der Waals surface area contributed by atoms with E-state index >= 15 is 0 Å². The van der Waals surface area contributed by atoms with Crippen LogP contribution in [0.15, 0.2) is 30.7 Å². The maximum atomic E-state index is 14.1. The van der Waals surface area contributed by atoms with Crippen molar-refractivity contribution in [3.8, 4) is 5.69 Å². The molecule has 192 valence electrons. The van der Waals surface area contributed by atoms with Gasteiger partial charge in [-0.2, -0.15) is 0 Å². The van der Waals surface area contributed by atoms with Crippen molar-refractivity contribution in [2.24, 2.45) is 0 Å². The molecule has 0 spiro atoms. The van der Waals surface area contributed by atoms with Crippen molar-refractivity contribution in [2.45, 2.75) is 52.2 Å². The van der Waals surface area contributed by atoms with Gasteiger partial charge >= 0.3 is 6.09 Å². The van der Waals surface area contributed by atoms with Gasteiger partial charge in [0.2, 0.25) is 0 Å². The molecule has 36 heavy (non-hydrogen) atoms. The zero-order valence-electron chi connectivity index (χ0n) is 21.2. The monoisotopic (exact) mass is 498 g/mol. The third-order valence-electron chi connectivity index (χ3n) is 6.67. The van der Waals surface area contributed by atoms with Crippen LogP contribution < -0.4 is 9.80 Å². The van der Waals surface area contributed by atoms with Crippen molar-refractivity contribution in [3.05, 3.63) is 42.4 Å². The minimum absolute atomic E-state index is 0.0896. The first kappa shape index (κ1) is 24.3. The van der Waals surface area contributed by atoms with Crippen LogP contribution in [-0.2, 0) is 4.74 Å². The number of anilines is 2. The molecule has 0 unspecified atom stereocenters. The number of fused-ring (bicyclic) bond motifs is 1. The minimum Gasteiger partial charge on any atom is -0.444 e. The standard InChI is InChI=1S/C26H32F2N6O2/c1-17-14-32(9-10-33(17)25(35)36-26(2,3)4)23-22-21(31-7-5-6-8-31)15-34(24(22)30-16-29-23)20-12-18(27)11-19(28)13-20/h11-13,15-17H,5-10,14H2,1-4H3/t17-/m0/s1. The smallest absolute Gasteiger partial charge is 0.410 e. The number of ether oxygens (including phenoxy) is 1. The van der Waals surface area contributed by atoms with E-state index in [1.165, 1.54) is 18.5 Å². The van der Waals surface area contributed by atoms with Gasteiger partial charge in [-0.05, 0) is 52.7 Å². The fourth-order valence-electron chi connectivity index (χ4n) is 5.08. The topological polar surface area (TPSA) is 66.7 Å². The highest BCUT2D eigenvalue weighted by molar-refractivity contribution is 6.00. The Balaban J connectivity index is 1.54. The predicted octanol–water partition coefficient (Wildman–Crippen LogP) is 4.74. The summed E-state index contributed by atoms with van der Waals surface area (Å²) in [5.74, 6) is -0.528. The third-order valence-corrected chi connectivity index (χ3v) is 6.67. The lowest BCUT2D eigenvalue weighted by Crippen LogP contribution is -2.55. The van der Waals surface area contributed by atoms with Crippen molar-refractivity contribution < 1.29 is 18.3 Å². The van der Waals surface area contributed by atoms with Crippen molar-refractivity contribution in [2.75, 3.05) is 42.5 Å². The molecule has 1 amide bonds. The Hall–Kier alpha value is -3.43. The first-order valence-electron chi connectivity index (χ1n) is 12.4. The second-order valence-corrected chi connectivity index (χ2v) is 10.6. The summed E-state index contributed by atoms with van der Waals surface area (Å²) in [5.41, 5.74) is 1.35. The minimum atomic E-state index is -0.643. The lowest BCUT2D eigenvalue weighted by atomic mass is 10.1. The molecule has 0 saturated carbocycles. The van der Waals surface area contributed by atoms with Gasteiger partial charge in [-0.3, -0.25) is 4.57 Å². The number of rotatable bonds is 3. The first-order chi connectivity index (χ1) is 17.1. The fourth-order valence-corrected chi connectivity index (χ4v) is 5.08. The molecule has 0 radical (unpaired) electrons. The molecular formula is C26H32F2N6O2. The Bertz CT molecular complexity index is 1260. The van der Waals surface area contributed by atoms with Crippen LogP contribution in [-0.4, -0.2) is 69.9 Å². The molecule has 1 atom stereocenters. The number of aromatic nitrogens is 3. The fraction of sp³-hybridized carbons (Fsp3) is 0.500. The first-order valence-corrected chi connectivity index (χ1v) is 12.4. The quantitative estimate of drug-likeness (QED) is 0.520. The molecule has 4 heterocycles. The van der Waals surface area contributed by atoms with Gasteiger partial charge in [0.05, 0.1) is 16.8 Å². The van der Waals surface area contributed by atoms with Gasteiger partial charge in [-0.1, -0.05) is 0 Å². The van der Waals surface area contributed by atoms with Gasteiger partial charge in [0.15, 0.2) is 5.65 Å². The summed E-state index contributed by atoms with van der Waals surface area (Å²) in [6.45, 7) is 11.0. The maximum Gasteiger partial charge on any atom is 0.410 e. The summed E-state index contributed by atoms with van der Waals surface area (Å²) in [7, 11) is 0. The van der Waals surface area contributed by atoms with Crippen LogP contribution in [0, 0.1) is 11.6 Å². The van der Waals surface area contributed by atoms with Gasteiger partial charge in [0.25, 0.3) is 0 Å². The van der Waals surface area contributed by atoms with Crippen LogP contribution in [0.3, 0.4) is 0 Å². The molecule has 2 fully saturated rings. The van der Waals surface area contributed by atoms with Crippen LogP contribution in [0.1, 0.15) is 40.5 Å². The molecule has 8 nitrogen and oxygen atoms in total. The number of hydrogen-bond acceptors (Lipinski definition) is 6. The Morgan fingerprint density at radius 2 is 1.69 bits per heavy atom. The third kappa shape index (κ3) is 4.68. The van der Waals surface area contributed by atoms with E-state index in [-0.39, 0.29) is 12.1 Å². The van der Waals surface area contributed by atoms with Crippen molar-refractivity contribution in [1.29, 1.82) is 0 Å². The second-order valence-electron chi connectivity index (χ2n) is 10.6. The van der Waals surface area contributed by atoms with Gasteiger partial charge in [0.1, 0.15) is 29.4 Å². The molecule has 2 aliphatic heterocycles.